The molecule has 0 radical (unpaired) electrons. The molecule has 0 bridgehead atoms. The van der Waals surface area contributed by atoms with E-state index in [1.54, 1.807) is 60.7 Å². The zero-order valence-corrected chi connectivity index (χ0v) is 23.5. The first-order chi connectivity index (χ1) is 19.2. The molecule has 1 N–H and O–H groups in total. The molecule has 0 atom stereocenters. The van der Waals surface area contributed by atoms with E-state index in [2.05, 4.69) is 10.5 Å². The van der Waals surface area contributed by atoms with Crippen molar-refractivity contribution in [1.29, 1.82) is 0 Å². The lowest BCUT2D eigenvalue weighted by Crippen LogP contribution is -2.39. The molecule has 40 heavy (non-hydrogen) atoms. The van der Waals surface area contributed by atoms with Gasteiger partial charge in [-0.05, 0) is 90.8 Å². The SMILES string of the molecule is COc1ccc(S(=O)(=O)N(CC(=O)N/N=C\c2ccc(OCc3ccc(Cl)cc3)cc2)c2ccc(C)cc2)cc1. The maximum Gasteiger partial charge on any atom is 0.264 e. The molecule has 0 saturated carbocycles. The van der Waals surface area contributed by atoms with Crippen molar-refractivity contribution in [2.45, 2.75) is 18.4 Å². The molecule has 0 saturated heterocycles. The number of hydrogen-bond acceptors (Lipinski definition) is 6. The molecular formula is C30H28ClN3O5S. The smallest absolute Gasteiger partial charge is 0.264 e. The molecule has 4 aromatic carbocycles. The molecule has 0 heterocycles. The quantitative estimate of drug-likeness (QED) is 0.185. The second kappa shape index (κ2) is 13.1. The summed E-state index contributed by atoms with van der Waals surface area (Å²) in [6.07, 6.45) is 1.47. The molecule has 8 nitrogen and oxygen atoms in total. The van der Waals surface area contributed by atoms with E-state index in [1.165, 1.54) is 25.5 Å². The summed E-state index contributed by atoms with van der Waals surface area (Å²) < 4.78 is 38.9. The van der Waals surface area contributed by atoms with Crippen molar-refractivity contribution in [2.24, 2.45) is 5.10 Å². The molecule has 4 aromatic rings. The minimum Gasteiger partial charge on any atom is -0.497 e. The Labute approximate surface area is 238 Å². The first kappa shape index (κ1) is 28.7. The minimum atomic E-state index is -4.05. The van der Waals surface area contributed by atoms with Crippen LogP contribution in [0.15, 0.2) is 107 Å². The van der Waals surface area contributed by atoms with E-state index in [0.29, 0.717) is 28.8 Å². The van der Waals surface area contributed by atoms with Crippen LogP contribution < -0.4 is 19.2 Å². The number of amides is 1. The highest BCUT2D eigenvalue weighted by Gasteiger charge is 2.27. The van der Waals surface area contributed by atoms with Gasteiger partial charge in [-0.2, -0.15) is 5.10 Å². The van der Waals surface area contributed by atoms with Gasteiger partial charge in [0.2, 0.25) is 0 Å². The highest BCUT2D eigenvalue weighted by atomic mass is 35.5. The lowest BCUT2D eigenvalue weighted by atomic mass is 10.2. The van der Waals surface area contributed by atoms with Gasteiger partial charge in [0.05, 0.1) is 23.9 Å². The number of ether oxygens (including phenoxy) is 2. The van der Waals surface area contributed by atoms with Crippen LogP contribution in [-0.4, -0.2) is 34.2 Å². The summed E-state index contributed by atoms with van der Waals surface area (Å²) in [7, 11) is -2.55. The van der Waals surface area contributed by atoms with Crippen LogP contribution in [0.2, 0.25) is 5.02 Å². The second-order valence-corrected chi connectivity index (χ2v) is 11.1. The predicted molar refractivity (Wildman–Crippen MR) is 157 cm³/mol. The third-order valence-corrected chi connectivity index (χ3v) is 7.90. The van der Waals surface area contributed by atoms with Gasteiger partial charge in [-0.1, -0.05) is 41.4 Å². The number of carbonyl (C=O) groups is 1. The van der Waals surface area contributed by atoms with Crippen molar-refractivity contribution in [2.75, 3.05) is 18.0 Å². The molecular weight excluding hydrogens is 550 g/mol. The third-order valence-electron chi connectivity index (χ3n) is 5.86. The first-order valence-corrected chi connectivity index (χ1v) is 14.1. The normalized spacial score (nSPS) is 11.3. The van der Waals surface area contributed by atoms with Gasteiger partial charge in [0.25, 0.3) is 15.9 Å². The van der Waals surface area contributed by atoms with Crippen molar-refractivity contribution >= 4 is 39.4 Å². The van der Waals surface area contributed by atoms with E-state index in [4.69, 9.17) is 21.1 Å². The second-order valence-electron chi connectivity index (χ2n) is 8.80. The molecule has 4 rings (SSSR count). The van der Waals surface area contributed by atoms with E-state index in [9.17, 15) is 13.2 Å². The number of halogens is 1. The highest BCUT2D eigenvalue weighted by molar-refractivity contribution is 7.92. The van der Waals surface area contributed by atoms with Crippen LogP contribution in [0.1, 0.15) is 16.7 Å². The molecule has 0 fully saturated rings. The van der Waals surface area contributed by atoms with Gasteiger partial charge >= 0.3 is 0 Å². The summed E-state index contributed by atoms with van der Waals surface area (Å²) in [6.45, 7) is 1.83. The van der Waals surface area contributed by atoms with Gasteiger partial charge < -0.3 is 9.47 Å². The maximum absolute atomic E-state index is 13.5. The van der Waals surface area contributed by atoms with E-state index in [0.717, 1.165) is 21.0 Å². The van der Waals surface area contributed by atoms with Gasteiger partial charge in [0, 0.05) is 5.02 Å². The fourth-order valence-corrected chi connectivity index (χ4v) is 5.19. The molecule has 0 unspecified atom stereocenters. The van der Waals surface area contributed by atoms with Crippen molar-refractivity contribution in [1.82, 2.24) is 5.43 Å². The highest BCUT2D eigenvalue weighted by Crippen LogP contribution is 2.25. The van der Waals surface area contributed by atoms with Crippen LogP contribution in [0.25, 0.3) is 0 Å². The Balaban J connectivity index is 1.40. The molecule has 0 spiro atoms. The van der Waals surface area contributed by atoms with Gasteiger partial charge in [0.1, 0.15) is 24.7 Å². The number of hydrazone groups is 1. The van der Waals surface area contributed by atoms with Crippen LogP contribution >= 0.6 is 11.6 Å². The Morgan fingerprint density at radius 3 is 2.15 bits per heavy atom. The number of hydrogen-bond donors (Lipinski definition) is 1. The molecule has 10 heteroatoms. The Hall–Kier alpha value is -4.34. The van der Waals surface area contributed by atoms with Crippen molar-refractivity contribution in [3.8, 4) is 11.5 Å². The van der Waals surface area contributed by atoms with E-state index < -0.39 is 22.5 Å². The lowest BCUT2D eigenvalue weighted by Gasteiger charge is -2.24. The number of anilines is 1. The number of sulfonamides is 1. The fourth-order valence-electron chi connectivity index (χ4n) is 3.64. The average Bonchev–Trinajstić information content (AvgIpc) is 2.97. The summed E-state index contributed by atoms with van der Waals surface area (Å²) in [5, 5.41) is 4.66. The average molecular weight is 578 g/mol. The van der Waals surface area contributed by atoms with Gasteiger partial charge in [-0.15, -0.1) is 0 Å². The topological polar surface area (TPSA) is 97.3 Å². The minimum absolute atomic E-state index is 0.0311. The van der Waals surface area contributed by atoms with E-state index in [1.807, 2.05) is 31.2 Å². The monoisotopic (exact) mass is 577 g/mol. The zero-order valence-electron chi connectivity index (χ0n) is 22.0. The Morgan fingerprint density at radius 1 is 0.900 bits per heavy atom. The molecule has 206 valence electrons. The molecule has 0 aromatic heterocycles. The van der Waals surface area contributed by atoms with Crippen molar-refractivity contribution in [3.05, 3.63) is 119 Å². The number of benzene rings is 4. The van der Waals surface area contributed by atoms with Crippen LogP contribution in [0, 0.1) is 6.92 Å². The van der Waals surface area contributed by atoms with Crippen LogP contribution in [0.4, 0.5) is 5.69 Å². The first-order valence-electron chi connectivity index (χ1n) is 12.3. The Morgan fingerprint density at radius 2 is 1.52 bits per heavy atom. The van der Waals surface area contributed by atoms with Crippen molar-refractivity contribution in [3.63, 3.8) is 0 Å². The van der Waals surface area contributed by atoms with Gasteiger partial charge in [-0.3, -0.25) is 9.10 Å². The molecule has 0 aliphatic heterocycles. The Kier molecular flexibility index (Phi) is 9.42. The standard InChI is InChI=1S/C30H28ClN3O5S/c1-22-3-11-26(12-4-22)34(40(36,37)29-17-15-27(38-2)16-18-29)20-30(35)33-32-19-23-7-13-28(14-8-23)39-21-24-5-9-25(31)10-6-24/h3-19H,20-21H2,1-2H3,(H,33,35)/b32-19-. The number of methoxy groups -OCH3 is 1. The molecule has 0 aliphatic carbocycles. The third kappa shape index (κ3) is 7.62. The summed E-state index contributed by atoms with van der Waals surface area (Å²) in [5.41, 5.74) is 5.44. The summed E-state index contributed by atoms with van der Waals surface area (Å²) >= 11 is 5.91. The molecule has 1 amide bonds. The van der Waals surface area contributed by atoms with Crippen LogP contribution in [0.5, 0.6) is 11.5 Å². The summed E-state index contributed by atoms with van der Waals surface area (Å²) in [6, 6.07) is 27.4. The molecule has 0 aliphatic rings. The van der Waals surface area contributed by atoms with Crippen LogP contribution in [0.3, 0.4) is 0 Å². The van der Waals surface area contributed by atoms with Crippen molar-refractivity contribution < 1.29 is 22.7 Å². The van der Waals surface area contributed by atoms with Crippen LogP contribution in [-0.2, 0) is 21.4 Å². The number of carbonyl (C=O) groups excluding carboxylic acids is 1. The van der Waals surface area contributed by atoms with E-state index >= 15 is 0 Å². The fraction of sp³-hybridized carbons (Fsp3) is 0.133. The Bertz CT molecular complexity index is 1560. The number of aryl methyl sites for hydroxylation is 1. The predicted octanol–water partition coefficient (Wildman–Crippen LogP) is 5.58. The zero-order chi connectivity index (χ0) is 28.5. The number of nitrogens with zero attached hydrogens (tertiary/aromatic N) is 2. The maximum atomic E-state index is 13.5. The number of nitrogens with one attached hydrogen (secondary N) is 1. The van der Waals surface area contributed by atoms with E-state index in [-0.39, 0.29) is 4.90 Å². The summed E-state index contributed by atoms with van der Waals surface area (Å²) in [5.74, 6) is 0.597. The lowest BCUT2D eigenvalue weighted by molar-refractivity contribution is -0.119. The van der Waals surface area contributed by atoms with Gasteiger partial charge in [-0.25, -0.2) is 13.8 Å². The largest absolute Gasteiger partial charge is 0.497 e. The summed E-state index contributed by atoms with van der Waals surface area (Å²) in [4.78, 5) is 12.8. The number of rotatable bonds is 11. The van der Waals surface area contributed by atoms with Gasteiger partial charge in [0.15, 0.2) is 0 Å².